The van der Waals surface area contributed by atoms with E-state index in [0.29, 0.717) is 16.9 Å². The number of nitrogens with zero attached hydrogens (tertiary/aromatic N) is 2. The van der Waals surface area contributed by atoms with Crippen LogP contribution in [0.5, 0.6) is 0 Å². The second-order valence-electron chi connectivity index (χ2n) is 6.66. The lowest BCUT2D eigenvalue weighted by molar-refractivity contribution is -0.201. The van der Waals surface area contributed by atoms with Crippen LogP contribution in [0.25, 0.3) is 33.5 Å². The lowest BCUT2D eigenvalue weighted by Crippen LogP contribution is -2.40. The molecule has 0 aliphatic heterocycles. The number of carbonyl (C=O) groups is 1. The third kappa shape index (κ3) is 4.57. The second kappa shape index (κ2) is 8.08. The lowest BCUT2D eigenvalue weighted by atomic mass is 10.1. The third-order valence-electron chi connectivity index (χ3n) is 4.45. The van der Waals surface area contributed by atoms with Gasteiger partial charge in [-0.1, -0.05) is 0 Å². The molecule has 0 fully saturated rings. The Labute approximate surface area is 176 Å². The number of fused-ring (bicyclic) bond motifs is 1. The van der Waals surface area contributed by atoms with Gasteiger partial charge in [0, 0.05) is 28.2 Å². The zero-order valence-corrected chi connectivity index (χ0v) is 16.4. The first-order valence-electron chi connectivity index (χ1n) is 8.94. The Hall–Kier alpha value is -3.31. The van der Waals surface area contributed by atoms with Gasteiger partial charge in [0.15, 0.2) is 11.1 Å². The summed E-state index contributed by atoms with van der Waals surface area (Å²) >= 11 is 0.963. The van der Waals surface area contributed by atoms with E-state index in [1.807, 2.05) is 11.4 Å². The Morgan fingerprint density at radius 2 is 1.94 bits per heavy atom. The van der Waals surface area contributed by atoms with Crippen molar-refractivity contribution in [2.24, 2.45) is 0 Å². The normalized spacial score (nSPS) is 12.8. The first kappa shape index (κ1) is 20.9. The number of nitrogens with one attached hydrogen (secondary N) is 2. The summed E-state index contributed by atoms with van der Waals surface area (Å²) < 4.78 is 50.2. The number of aliphatic hydroxyl groups is 1. The molecule has 31 heavy (non-hydrogen) atoms. The van der Waals surface area contributed by atoms with Crippen LogP contribution in [0.15, 0.2) is 48.0 Å². The van der Waals surface area contributed by atoms with Crippen molar-refractivity contribution in [1.82, 2.24) is 20.3 Å². The number of rotatable bonds is 5. The molecule has 160 valence electrons. The van der Waals surface area contributed by atoms with E-state index < -0.39 is 24.7 Å². The van der Waals surface area contributed by atoms with Crippen molar-refractivity contribution >= 4 is 28.3 Å². The molecule has 3 N–H and O–H groups in total. The predicted molar refractivity (Wildman–Crippen MR) is 107 cm³/mol. The molecule has 0 radical (unpaired) electrons. The maximum absolute atomic E-state index is 13.1. The van der Waals surface area contributed by atoms with Crippen LogP contribution in [-0.2, 0) is 0 Å². The first-order chi connectivity index (χ1) is 14.7. The average molecular weight is 450 g/mol. The summed E-state index contributed by atoms with van der Waals surface area (Å²) in [5, 5.41) is 13.3. The highest BCUT2D eigenvalue weighted by Crippen LogP contribution is 2.28. The molecule has 0 aliphatic rings. The van der Waals surface area contributed by atoms with Gasteiger partial charge >= 0.3 is 6.18 Å². The van der Waals surface area contributed by atoms with E-state index >= 15 is 0 Å². The van der Waals surface area contributed by atoms with Gasteiger partial charge in [-0.2, -0.15) is 13.2 Å². The smallest absolute Gasteiger partial charge is 0.382 e. The quantitative estimate of drug-likeness (QED) is 0.399. The van der Waals surface area contributed by atoms with Crippen LogP contribution >= 0.6 is 11.3 Å². The van der Waals surface area contributed by atoms with Crippen LogP contribution in [0.4, 0.5) is 17.6 Å². The Morgan fingerprint density at radius 3 is 2.65 bits per heavy atom. The number of carbonyl (C=O) groups excluding carboxylic acids is 1. The molecule has 1 amide bonds. The summed E-state index contributed by atoms with van der Waals surface area (Å²) in [5.41, 5.74) is 3.20. The summed E-state index contributed by atoms with van der Waals surface area (Å²) in [5.74, 6) is -1.15. The number of pyridine rings is 1. The zero-order chi connectivity index (χ0) is 22.2. The van der Waals surface area contributed by atoms with E-state index in [-0.39, 0.29) is 10.8 Å². The van der Waals surface area contributed by atoms with Crippen LogP contribution in [-0.4, -0.2) is 44.8 Å². The number of hydrogen-bond donors (Lipinski definition) is 3. The van der Waals surface area contributed by atoms with E-state index in [2.05, 4.69) is 15.0 Å². The number of amides is 1. The molecule has 1 aromatic carbocycles. The first-order valence-corrected chi connectivity index (χ1v) is 9.82. The second-order valence-corrected chi connectivity index (χ2v) is 7.52. The standard InChI is InChI=1S/C20H14F4N4O2S/c21-13-3-1-10(2-4-13)14-6-11-5-12(7-25-17(11)27-14)15-9-31-19(28-15)18(30)26-8-16(29)20(22,23)24/h1-7,9,16,29H,8H2,(H,25,27)(H,26,30). The molecule has 4 rings (SSSR count). The SMILES string of the molecule is O=C(NCC(O)C(F)(F)F)c1nc(-c2cnc3[nH]c(-c4ccc(F)cc4)cc3c2)cs1. The van der Waals surface area contributed by atoms with Crippen LogP contribution < -0.4 is 5.32 Å². The Morgan fingerprint density at radius 1 is 1.19 bits per heavy atom. The molecule has 11 heteroatoms. The molecular formula is C20H14F4N4O2S. The Kier molecular flexibility index (Phi) is 5.46. The number of aliphatic hydroxyl groups excluding tert-OH is 1. The highest BCUT2D eigenvalue weighted by Gasteiger charge is 2.38. The third-order valence-corrected chi connectivity index (χ3v) is 5.29. The highest BCUT2D eigenvalue weighted by molar-refractivity contribution is 7.12. The highest BCUT2D eigenvalue weighted by atomic mass is 32.1. The number of thiazole rings is 1. The van der Waals surface area contributed by atoms with Gasteiger partial charge in [0.2, 0.25) is 0 Å². The van der Waals surface area contributed by atoms with Crippen molar-refractivity contribution in [2.45, 2.75) is 12.3 Å². The van der Waals surface area contributed by atoms with E-state index in [1.165, 1.54) is 12.1 Å². The number of alkyl halides is 3. The number of aromatic amines is 1. The van der Waals surface area contributed by atoms with Gasteiger partial charge in [-0.05, 0) is 42.0 Å². The monoisotopic (exact) mass is 450 g/mol. The van der Waals surface area contributed by atoms with Crippen molar-refractivity contribution in [3.05, 3.63) is 58.8 Å². The molecule has 1 unspecified atom stereocenters. The lowest BCUT2D eigenvalue weighted by Gasteiger charge is -2.14. The fraction of sp³-hybridized carbons (Fsp3) is 0.150. The fourth-order valence-corrected chi connectivity index (χ4v) is 3.57. The van der Waals surface area contributed by atoms with Gasteiger partial charge in [-0.3, -0.25) is 4.79 Å². The largest absolute Gasteiger partial charge is 0.416 e. The van der Waals surface area contributed by atoms with Gasteiger partial charge in [0.05, 0.1) is 12.2 Å². The topological polar surface area (TPSA) is 90.9 Å². The van der Waals surface area contributed by atoms with Gasteiger partial charge in [-0.25, -0.2) is 14.4 Å². The molecule has 0 aliphatic carbocycles. The van der Waals surface area contributed by atoms with E-state index in [9.17, 15) is 22.4 Å². The van der Waals surface area contributed by atoms with Gasteiger partial charge < -0.3 is 15.4 Å². The van der Waals surface area contributed by atoms with Gasteiger partial charge in [0.1, 0.15) is 11.5 Å². The summed E-state index contributed by atoms with van der Waals surface area (Å²) in [6.07, 6.45) is -5.91. The number of halogens is 4. The minimum Gasteiger partial charge on any atom is -0.382 e. The number of hydrogen-bond acceptors (Lipinski definition) is 5. The minimum absolute atomic E-state index is 0.0365. The van der Waals surface area contributed by atoms with Crippen molar-refractivity contribution in [1.29, 1.82) is 0 Å². The summed E-state index contributed by atoms with van der Waals surface area (Å²) in [6, 6.07) is 9.64. The molecule has 0 spiro atoms. The van der Waals surface area contributed by atoms with Gasteiger partial charge in [-0.15, -0.1) is 11.3 Å². The van der Waals surface area contributed by atoms with E-state index in [1.54, 1.807) is 29.8 Å². The molecule has 3 heterocycles. The number of benzene rings is 1. The van der Waals surface area contributed by atoms with Crippen molar-refractivity contribution in [3.8, 4) is 22.5 Å². The molecule has 3 aromatic heterocycles. The zero-order valence-electron chi connectivity index (χ0n) is 15.6. The maximum atomic E-state index is 13.1. The van der Waals surface area contributed by atoms with Crippen LogP contribution in [0.3, 0.4) is 0 Å². The number of H-pyrrole nitrogens is 1. The summed E-state index contributed by atoms with van der Waals surface area (Å²) in [6.45, 7) is -0.958. The average Bonchev–Trinajstić information content (AvgIpc) is 3.38. The molecule has 4 aromatic rings. The molecule has 6 nitrogen and oxygen atoms in total. The van der Waals surface area contributed by atoms with Crippen molar-refractivity contribution < 1.29 is 27.5 Å². The minimum atomic E-state index is -4.81. The summed E-state index contributed by atoms with van der Waals surface area (Å²) in [4.78, 5) is 23.7. The van der Waals surface area contributed by atoms with Crippen LogP contribution in [0.1, 0.15) is 9.80 Å². The predicted octanol–water partition coefficient (Wildman–Crippen LogP) is 4.15. The number of aromatic nitrogens is 3. The van der Waals surface area contributed by atoms with E-state index in [0.717, 1.165) is 28.0 Å². The maximum Gasteiger partial charge on any atom is 0.416 e. The van der Waals surface area contributed by atoms with E-state index in [4.69, 9.17) is 5.11 Å². The van der Waals surface area contributed by atoms with Crippen LogP contribution in [0, 0.1) is 5.82 Å². The van der Waals surface area contributed by atoms with Gasteiger partial charge in [0.25, 0.3) is 5.91 Å². The van der Waals surface area contributed by atoms with Crippen molar-refractivity contribution in [3.63, 3.8) is 0 Å². The molecule has 1 atom stereocenters. The molecular weight excluding hydrogens is 436 g/mol. The Balaban J connectivity index is 1.52. The fourth-order valence-electron chi connectivity index (χ4n) is 2.83. The summed E-state index contributed by atoms with van der Waals surface area (Å²) in [7, 11) is 0. The van der Waals surface area contributed by atoms with Crippen LogP contribution in [0.2, 0.25) is 0 Å². The molecule has 0 bridgehead atoms. The molecule has 0 saturated heterocycles. The van der Waals surface area contributed by atoms with Crippen molar-refractivity contribution in [2.75, 3.05) is 6.54 Å². The Bertz CT molecular complexity index is 1230. The molecule has 0 saturated carbocycles.